The molecule has 0 aromatic heterocycles. The van der Waals surface area contributed by atoms with Crippen LogP contribution in [0.15, 0.2) is 42.1 Å². The molecule has 1 aromatic rings. The first-order valence-electron chi connectivity index (χ1n) is 4.78. The molecule has 0 radical (unpaired) electrons. The summed E-state index contributed by atoms with van der Waals surface area (Å²) in [4.78, 5) is 0. The fourth-order valence-electron chi connectivity index (χ4n) is 1.47. The van der Waals surface area contributed by atoms with Gasteiger partial charge in [0.15, 0.2) is 0 Å². The van der Waals surface area contributed by atoms with Crippen molar-refractivity contribution in [2.45, 2.75) is 6.42 Å². The van der Waals surface area contributed by atoms with E-state index in [1.165, 1.54) is 0 Å². The van der Waals surface area contributed by atoms with Crippen LogP contribution in [0.2, 0.25) is 0 Å². The summed E-state index contributed by atoms with van der Waals surface area (Å²) in [5.41, 5.74) is 2.22. The Hall–Kier alpha value is -1.32. The predicted molar refractivity (Wildman–Crippen MR) is 57.7 cm³/mol. The van der Waals surface area contributed by atoms with Gasteiger partial charge in [0.05, 0.1) is 0 Å². The van der Waals surface area contributed by atoms with Crippen molar-refractivity contribution in [3.8, 4) is 0 Å². The van der Waals surface area contributed by atoms with Gasteiger partial charge in [-0.3, -0.25) is 0 Å². The van der Waals surface area contributed by atoms with Gasteiger partial charge < -0.3 is 15.6 Å². The molecule has 14 heavy (non-hydrogen) atoms. The maximum absolute atomic E-state index is 10.9. The number of benzene rings is 1. The number of hydrogen-bond donors (Lipinski definition) is 1. The van der Waals surface area contributed by atoms with E-state index in [2.05, 4.69) is 5.32 Å². The Labute approximate surface area is 83.6 Å². The summed E-state index contributed by atoms with van der Waals surface area (Å²) in [6.45, 7) is 1.08. The van der Waals surface area contributed by atoms with Crippen molar-refractivity contribution in [1.82, 2.24) is 5.06 Å². The van der Waals surface area contributed by atoms with Crippen molar-refractivity contribution in [3.05, 3.63) is 47.3 Å². The molecule has 1 aliphatic heterocycles. The highest BCUT2D eigenvalue weighted by Crippen LogP contribution is 2.14. The van der Waals surface area contributed by atoms with E-state index in [0.29, 0.717) is 13.1 Å². The minimum Gasteiger partial charge on any atom is -0.785 e. The summed E-state index contributed by atoms with van der Waals surface area (Å²) in [6.07, 6.45) is 2.75. The Morgan fingerprint density at radius 2 is 2.00 bits per heavy atom. The van der Waals surface area contributed by atoms with Crippen LogP contribution in [0.4, 0.5) is 5.69 Å². The molecule has 1 aliphatic rings. The van der Waals surface area contributed by atoms with Crippen LogP contribution < -0.4 is 5.32 Å². The average Bonchev–Trinajstić information content (AvgIpc) is 2.23. The molecule has 0 spiro atoms. The van der Waals surface area contributed by atoms with Gasteiger partial charge in [0.25, 0.3) is 0 Å². The Morgan fingerprint density at radius 3 is 2.64 bits per heavy atom. The summed E-state index contributed by atoms with van der Waals surface area (Å²) >= 11 is 0. The fourth-order valence-corrected chi connectivity index (χ4v) is 1.47. The Kier molecular flexibility index (Phi) is 2.81. The van der Waals surface area contributed by atoms with Crippen LogP contribution in [0.5, 0.6) is 0 Å². The first kappa shape index (κ1) is 9.24. The third-order valence-corrected chi connectivity index (χ3v) is 2.25. The smallest absolute Gasteiger partial charge is 0.0381 e. The minimum atomic E-state index is 0.495. The van der Waals surface area contributed by atoms with Gasteiger partial charge >= 0.3 is 0 Å². The van der Waals surface area contributed by atoms with E-state index in [0.717, 1.165) is 22.9 Å². The van der Waals surface area contributed by atoms with Gasteiger partial charge in [0.2, 0.25) is 0 Å². The van der Waals surface area contributed by atoms with Crippen LogP contribution in [-0.2, 0) is 0 Å². The lowest BCUT2D eigenvalue weighted by atomic mass is 10.2. The van der Waals surface area contributed by atoms with Crippen LogP contribution in [0.3, 0.4) is 0 Å². The van der Waals surface area contributed by atoms with Crippen LogP contribution in [0.1, 0.15) is 6.42 Å². The molecule has 3 nitrogen and oxygen atoms in total. The van der Waals surface area contributed by atoms with E-state index in [-0.39, 0.29) is 0 Å². The van der Waals surface area contributed by atoms with E-state index in [9.17, 15) is 5.21 Å². The molecule has 0 fully saturated rings. The lowest BCUT2D eigenvalue weighted by Gasteiger charge is -2.31. The van der Waals surface area contributed by atoms with Crippen molar-refractivity contribution < 1.29 is 0 Å². The van der Waals surface area contributed by atoms with Gasteiger partial charge in [0.1, 0.15) is 0 Å². The average molecular weight is 189 g/mol. The standard InChI is InChI=1S/C11H13N2O/c14-13-8-6-11(7-9-13)12-10-4-2-1-3-5-10/h1-6,12H,7-9H2/q-1. The topological polar surface area (TPSA) is 38.3 Å². The molecular weight excluding hydrogens is 176 g/mol. The third kappa shape index (κ3) is 2.34. The molecule has 0 unspecified atom stereocenters. The van der Waals surface area contributed by atoms with Crippen molar-refractivity contribution in [3.63, 3.8) is 0 Å². The van der Waals surface area contributed by atoms with E-state index in [1.807, 2.05) is 36.4 Å². The van der Waals surface area contributed by atoms with Crippen LogP contribution in [-0.4, -0.2) is 18.2 Å². The Morgan fingerprint density at radius 1 is 1.21 bits per heavy atom. The zero-order valence-corrected chi connectivity index (χ0v) is 7.94. The van der Waals surface area contributed by atoms with E-state index >= 15 is 0 Å². The molecule has 0 saturated carbocycles. The van der Waals surface area contributed by atoms with E-state index in [1.54, 1.807) is 0 Å². The van der Waals surface area contributed by atoms with Gasteiger partial charge in [-0.2, -0.15) is 0 Å². The first-order chi connectivity index (χ1) is 6.84. The summed E-state index contributed by atoms with van der Waals surface area (Å²) in [6, 6.07) is 10.0. The summed E-state index contributed by atoms with van der Waals surface area (Å²) in [7, 11) is 0. The zero-order valence-electron chi connectivity index (χ0n) is 7.94. The zero-order chi connectivity index (χ0) is 9.80. The SMILES string of the molecule is [O-]N1CC=C(Nc2ccccc2)CC1. The molecule has 0 saturated heterocycles. The number of hydrogen-bond acceptors (Lipinski definition) is 3. The number of para-hydroxylation sites is 1. The van der Waals surface area contributed by atoms with Crippen molar-refractivity contribution >= 4 is 5.69 Å². The van der Waals surface area contributed by atoms with Gasteiger partial charge in [-0.1, -0.05) is 24.3 Å². The Bertz CT molecular complexity index is 321. The number of nitrogens with zero attached hydrogens (tertiary/aromatic N) is 1. The maximum atomic E-state index is 10.9. The summed E-state index contributed by atoms with van der Waals surface area (Å²) in [5.74, 6) is 0. The monoisotopic (exact) mass is 189 g/mol. The molecule has 1 aromatic carbocycles. The quantitative estimate of drug-likeness (QED) is 0.775. The molecule has 1 heterocycles. The Balaban J connectivity index is 1.99. The summed E-state index contributed by atoms with van der Waals surface area (Å²) in [5, 5.41) is 15.3. The number of nitrogens with one attached hydrogen (secondary N) is 1. The highest BCUT2D eigenvalue weighted by Gasteiger charge is 2.03. The lowest BCUT2D eigenvalue weighted by molar-refractivity contribution is 0.404. The number of rotatable bonds is 2. The third-order valence-electron chi connectivity index (χ3n) is 2.25. The van der Waals surface area contributed by atoms with Gasteiger partial charge in [-0.05, 0) is 25.1 Å². The molecular formula is C11H13N2O-. The van der Waals surface area contributed by atoms with Gasteiger partial charge in [0, 0.05) is 17.9 Å². The van der Waals surface area contributed by atoms with Crippen LogP contribution >= 0.6 is 0 Å². The van der Waals surface area contributed by atoms with Gasteiger partial charge in [-0.15, -0.1) is 0 Å². The number of anilines is 1. The van der Waals surface area contributed by atoms with Crippen molar-refractivity contribution in [2.75, 3.05) is 18.4 Å². The van der Waals surface area contributed by atoms with Crippen molar-refractivity contribution in [1.29, 1.82) is 0 Å². The predicted octanol–water partition coefficient (Wildman–Crippen LogP) is 2.19. The lowest BCUT2D eigenvalue weighted by Crippen LogP contribution is -2.24. The maximum Gasteiger partial charge on any atom is 0.0381 e. The van der Waals surface area contributed by atoms with Gasteiger partial charge in [-0.25, -0.2) is 0 Å². The van der Waals surface area contributed by atoms with Crippen molar-refractivity contribution in [2.24, 2.45) is 0 Å². The fraction of sp³-hybridized carbons (Fsp3) is 0.273. The largest absolute Gasteiger partial charge is 0.785 e. The van der Waals surface area contributed by atoms with E-state index in [4.69, 9.17) is 0 Å². The molecule has 0 aliphatic carbocycles. The second-order valence-electron chi connectivity index (χ2n) is 3.36. The van der Waals surface area contributed by atoms with Crippen LogP contribution in [0, 0.1) is 5.21 Å². The second kappa shape index (κ2) is 4.26. The normalized spacial score (nSPS) is 17.6. The molecule has 0 bridgehead atoms. The number of hydroxylamine groups is 2. The molecule has 74 valence electrons. The minimum absolute atomic E-state index is 0.495. The summed E-state index contributed by atoms with van der Waals surface area (Å²) < 4.78 is 0. The first-order valence-corrected chi connectivity index (χ1v) is 4.78. The highest BCUT2D eigenvalue weighted by molar-refractivity contribution is 5.48. The second-order valence-corrected chi connectivity index (χ2v) is 3.36. The molecule has 1 N–H and O–H groups in total. The molecule has 2 rings (SSSR count). The molecule has 0 amide bonds. The van der Waals surface area contributed by atoms with Crippen LogP contribution in [0.25, 0.3) is 0 Å². The molecule has 3 heteroatoms. The highest BCUT2D eigenvalue weighted by atomic mass is 16.5. The van der Waals surface area contributed by atoms with E-state index < -0.39 is 0 Å². The molecule has 0 atom stereocenters.